The monoisotopic (exact) mass is 318 g/mol. The Hall–Kier alpha value is -0.940. The summed E-state index contributed by atoms with van der Waals surface area (Å²) in [5.41, 5.74) is 0.517. The molecule has 1 aromatic carbocycles. The van der Waals surface area contributed by atoms with Gasteiger partial charge in [0.2, 0.25) is 0 Å². The Morgan fingerprint density at radius 3 is 3.00 bits per heavy atom. The molecule has 0 bridgehead atoms. The van der Waals surface area contributed by atoms with Gasteiger partial charge < -0.3 is 4.52 Å². The van der Waals surface area contributed by atoms with Crippen LogP contribution < -0.4 is 0 Å². The molecule has 0 aliphatic rings. The fourth-order valence-electron chi connectivity index (χ4n) is 1.32. The molecule has 2 rings (SSSR count). The molecule has 0 aliphatic heterocycles. The molecule has 0 fully saturated rings. The molecule has 1 atom stereocenters. The lowest BCUT2D eigenvalue weighted by Crippen LogP contribution is -1.91. The van der Waals surface area contributed by atoms with Crippen molar-refractivity contribution in [1.82, 2.24) is 10.1 Å². The minimum atomic E-state index is -0.360. The summed E-state index contributed by atoms with van der Waals surface area (Å²) in [6.45, 7) is 1.92. The number of hydrogen-bond acceptors (Lipinski definition) is 3. The predicted molar refractivity (Wildman–Crippen MR) is 66.3 cm³/mol. The Morgan fingerprint density at radius 1 is 1.53 bits per heavy atom. The first-order chi connectivity index (χ1) is 8.11. The lowest BCUT2D eigenvalue weighted by atomic mass is 10.2. The first kappa shape index (κ1) is 12.5. The number of nitrogens with zero attached hydrogens (tertiary/aromatic N) is 2. The zero-order valence-electron chi connectivity index (χ0n) is 8.95. The highest BCUT2D eigenvalue weighted by Crippen LogP contribution is 2.29. The molecular formula is C11H9BrClFN2O. The smallest absolute Gasteiger partial charge is 0.259 e. The van der Waals surface area contributed by atoms with Crippen molar-refractivity contribution in [1.29, 1.82) is 0 Å². The molecule has 0 amide bonds. The molecule has 1 aromatic heterocycles. The van der Waals surface area contributed by atoms with Gasteiger partial charge in [0.1, 0.15) is 5.82 Å². The van der Waals surface area contributed by atoms with E-state index in [1.165, 1.54) is 12.1 Å². The van der Waals surface area contributed by atoms with E-state index < -0.39 is 0 Å². The van der Waals surface area contributed by atoms with Crippen molar-refractivity contribution in [2.45, 2.75) is 18.7 Å². The van der Waals surface area contributed by atoms with Crippen LogP contribution in [0, 0.1) is 5.82 Å². The van der Waals surface area contributed by atoms with Crippen molar-refractivity contribution in [3.8, 4) is 11.5 Å². The van der Waals surface area contributed by atoms with Gasteiger partial charge in [-0.1, -0.05) is 12.1 Å². The average molecular weight is 320 g/mol. The van der Waals surface area contributed by atoms with Crippen molar-refractivity contribution in [2.24, 2.45) is 0 Å². The summed E-state index contributed by atoms with van der Waals surface area (Å²) in [6.07, 6.45) is 0.699. The van der Waals surface area contributed by atoms with Gasteiger partial charge in [-0.05, 0) is 40.5 Å². The third-order valence-electron chi connectivity index (χ3n) is 2.24. The van der Waals surface area contributed by atoms with Gasteiger partial charge in [0.25, 0.3) is 5.89 Å². The quantitative estimate of drug-likeness (QED) is 0.791. The van der Waals surface area contributed by atoms with E-state index in [2.05, 4.69) is 26.1 Å². The maximum Gasteiger partial charge on any atom is 0.259 e. The number of halogens is 3. The van der Waals surface area contributed by atoms with E-state index >= 15 is 0 Å². The Labute approximate surface area is 111 Å². The van der Waals surface area contributed by atoms with Crippen LogP contribution in [0.2, 0.25) is 0 Å². The molecule has 0 saturated heterocycles. The Bertz CT molecular complexity index is 532. The number of benzene rings is 1. The summed E-state index contributed by atoms with van der Waals surface area (Å²) in [7, 11) is 0. The summed E-state index contributed by atoms with van der Waals surface area (Å²) in [6, 6.07) is 4.27. The van der Waals surface area contributed by atoms with Crippen LogP contribution in [-0.4, -0.2) is 10.1 Å². The van der Waals surface area contributed by atoms with Crippen LogP contribution >= 0.6 is 27.5 Å². The minimum Gasteiger partial charge on any atom is -0.334 e. The van der Waals surface area contributed by atoms with Gasteiger partial charge in [-0.2, -0.15) is 4.98 Å². The second-order valence-electron chi connectivity index (χ2n) is 3.46. The normalized spacial score (nSPS) is 12.7. The van der Waals surface area contributed by atoms with Crippen molar-refractivity contribution >= 4 is 27.5 Å². The summed E-state index contributed by atoms with van der Waals surface area (Å²) < 4.78 is 18.9. The molecule has 0 N–H and O–H groups in total. The van der Waals surface area contributed by atoms with Crippen molar-refractivity contribution < 1.29 is 8.91 Å². The van der Waals surface area contributed by atoms with E-state index in [0.29, 0.717) is 22.3 Å². The van der Waals surface area contributed by atoms with E-state index in [9.17, 15) is 4.39 Å². The lowest BCUT2D eigenvalue weighted by Gasteiger charge is -1.99. The fraction of sp³-hybridized carbons (Fsp3) is 0.273. The zero-order chi connectivity index (χ0) is 12.4. The lowest BCUT2D eigenvalue weighted by molar-refractivity contribution is 0.421. The van der Waals surface area contributed by atoms with Crippen LogP contribution in [0.4, 0.5) is 4.39 Å². The number of rotatable bonds is 3. The van der Waals surface area contributed by atoms with Crippen LogP contribution in [0.5, 0.6) is 0 Å². The first-order valence-electron chi connectivity index (χ1n) is 5.05. The van der Waals surface area contributed by atoms with Gasteiger partial charge in [-0.25, -0.2) is 4.39 Å². The average Bonchev–Trinajstić information content (AvgIpc) is 2.80. The van der Waals surface area contributed by atoms with Crippen LogP contribution in [0.3, 0.4) is 0 Å². The van der Waals surface area contributed by atoms with E-state index in [4.69, 9.17) is 16.1 Å². The van der Waals surface area contributed by atoms with Crippen LogP contribution in [0.25, 0.3) is 11.5 Å². The Morgan fingerprint density at radius 2 is 2.29 bits per heavy atom. The maximum absolute atomic E-state index is 13.1. The van der Waals surface area contributed by atoms with Crippen molar-refractivity contribution in [2.75, 3.05) is 0 Å². The van der Waals surface area contributed by atoms with Crippen molar-refractivity contribution in [3.05, 3.63) is 34.3 Å². The SMILES string of the molecule is CCC(Cl)c1noc(-c2cc(F)ccc2Br)n1. The van der Waals surface area contributed by atoms with Gasteiger partial charge in [-0.3, -0.25) is 0 Å². The van der Waals surface area contributed by atoms with E-state index in [-0.39, 0.29) is 17.1 Å². The molecule has 90 valence electrons. The van der Waals surface area contributed by atoms with E-state index in [0.717, 1.165) is 0 Å². The minimum absolute atomic E-state index is 0.255. The van der Waals surface area contributed by atoms with Gasteiger partial charge in [0, 0.05) is 4.47 Å². The Kier molecular flexibility index (Phi) is 3.79. The maximum atomic E-state index is 13.1. The number of aromatic nitrogens is 2. The molecular weight excluding hydrogens is 310 g/mol. The van der Waals surface area contributed by atoms with E-state index in [1.807, 2.05) is 6.92 Å². The highest BCUT2D eigenvalue weighted by Gasteiger charge is 2.17. The van der Waals surface area contributed by atoms with E-state index in [1.54, 1.807) is 6.07 Å². The topological polar surface area (TPSA) is 38.9 Å². The van der Waals surface area contributed by atoms with Gasteiger partial charge in [-0.15, -0.1) is 11.6 Å². The molecule has 1 heterocycles. The zero-order valence-corrected chi connectivity index (χ0v) is 11.3. The van der Waals surface area contributed by atoms with Gasteiger partial charge in [0.05, 0.1) is 10.9 Å². The predicted octanol–water partition coefficient (Wildman–Crippen LogP) is 4.33. The molecule has 3 nitrogen and oxygen atoms in total. The number of hydrogen-bond donors (Lipinski definition) is 0. The summed E-state index contributed by atoms with van der Waals surface area (Å²) >= 11 is 9.29. The van der Waals surface area contributed by atoms with Gasteiger partial charge >= 0.3 is 0 Å². The third kappa shape index (κ3) is 2.66. The molecule has 0 saturated carbocycles. The van der Waals surface area contributed by atoms with Crippen LogP contribution in [-0.2, 0) is 0 Å². The van der Waals surface area contributed by atoms with Crippen LogP contribution in [0.1, 0.15) is 24.5 Å². The Balaban J connectivity index is 2.40. The summed E-state index contributed by atoms with van der Waals surface area (Å²) in [5, 5.41) is 3.48. The molecule has 0 radical (unpaired) electrons. The highest BCUT2D eigenvalue weighted by molar-refractivity contribution is 9.10. The summed E-state index contributed by atoms with van der Waals surface area (Å²) in [5.74, 6) is 0.312. The molecule has 2 aromatic rings. The molecule has 1 unspecified atom stereocenters. The standard InChI is InChI=1S/C11H9BrClFN2O/c1-2-9(13)10-15-11(17-16-10)7-5-6(14)3-4-8(7)12/h3-5,9H,2H2,1H3. The molecule has 0 spiro atoms. The molecule has 0 aliphatic carbocycles. The fourth-order valence-corrected chi connectivity index (χ4v) is 1.82. The van der Waals surface area contributed by atoms with Crippen LogP contribution in [0.15, 0.2) is 27.2 Å². The second kappa shape index (κ2) is 5.14. The first-order valence-corrected chi connectivity index (χ1v) is 6.28. The van der Waals surface area contributed by atoms with Gasteiger partial charge in [0.15, 0.2) is 5.82 Å². The third-order valence-corrected chi connectivity index (χ3v) is 3.43. The molecule has 17 heavy (non-hydrogen) atoms. The largest absolute Gasteiger partial charge is 0.334 e. The second-order valence-corrected chi connectivity index (χ2v) is 4.84. The molecule has 6 heteroatoms. The number of alkyl halides is 1. The summed E-state index contributed by atoms with van der Waals surface area (Å²) in [4.78, 5) is 4.15. The highest BCUT2D eigenvalue weighted by atomic mass is 79.9. The van der Waals surface area contributed by atoms with Crippen molar-refractivity contribution in [3.63, 3.8) is 0 Å².